The molecule has 0 aliphatic heterocycles. The van der Waals surface area contributed by atoms with Crippen molar-refractivity contribution in [1.29, 1.82) is 0 Å². The van der Waals surface area contributed by atoms with Crippen LogP contribution in [0.1, 0.15) is 34.8 Å². The molecule has 7 heteroatoms. The second-order valence-corrected chi connectivity index (χ2v) is 4.72. The van der Waals surface area contributed by atoms with Crippen molar-refractivity contribution in [1.82, 2.24) is 0 Å². The average Bonchev–Trinajstić information content (AvgIpc) is 2.46. The normalized spacial score (nSPS) is 11.6. The van der Waals surface area contributed by atoms with Crippen molar-refractivity contribution in [3.8, 4) is 0 Å². The predicted molar refractivity (Wildman–Crippen MR) is 75.9 cm³/mol. The van der Waals surface area contributed by atoms with Crippen LogP contribution in [-0.4, -0.2) is 31.9 Å². The summed E-state index contributed by atoms with van der Waals surface area (Å²) in [6, 6.07) is 5.34. The molecule has 0 N–H and O–H groups in total. The number of hydrogen-bond donors (Lipinski definition) is 0. The van der Waals surface area contributed by atoms with Crippen molar-refractivity contribution >= 4 is 12.1 Å². The molecule has 1 unspecified atom stereocenters. The van der Waals surface area contributed by atoms with E-state index in [4.69, 9.17) is 9.47 Å². The third kappa shape index (κ3) is 5.71. The zero-order chi connectivity index (χ0) is 16.5. The Labute approximate surface area is 128 Å². The van der Waals surface area contributed by atoms with Gasteiger partial charge in [0, 0.05) is 13.5 Å². The van der Waals surface area contributed by atoms with E-state index in [0.29, 0.717) is 12.0 Å². The van der Waals surface area contributed by atoms with Gasteiger partial charge in [-0.05, 0) is 31.9 Å². The summed E-state index contributed by atoms with van der Waals surface area (Å²) in [6.45, 7) is 5.45. The second kappa shape index (κ2) is 9.01. The molecule has 1 aromatic rings. The van der Waals surface area contributed by atoms with Crippen LogP contribution in [0.3, 0.4) is 0 Å². The highest BCUT2D eigenvalue weighted by molar-refractivity contribution is 5.92. The smallest absolute Gasteiger partial charge is 0.432 e. The van der Waals surface area contributed by atoms with Crippen molar-refractivity contribution in [2.45, 2.75) is 33.3 Å². The molecule has 0 saturated heterocycles. The molecule has 7 nitrogen and oxygen atoms in total. The van der Waals surface area contributed by atoms with E-state index in [2.05, 4.69) is 14.8 Å². The van der Waals surface area contributed by atoms with Gasteiger partial charge >= 0.3 is 12.1 Å². The molecule has 22 heavy (non-hydrogen) atoms. The first-order valence-corrected chi connectivity index (χ1v) is 6.77. The van der Waals surface area contributed by atoms with Crippen LogP contribution in [0, 0.1) is 13.8 Å². The van der Waals surface area contributed by atoms with E-state index in [1.54, 1.807) is 33.1 Å². The highest BCUT2D eigenvalue weighted by atomic mass is 17.5. The van der Waals surface area contributed by atoms with Crippen LogP contribution in [0.2, 0.25) is 0 Å². The van der Waals surface area contributed by atoms with Gasteiger partial charge in [-0.25, -0.2) is 14.5 Å². The van der Waals surface area contributed by atoms with E-state index >= 15 is 0 Å². The first-order valence-electron chi connectivity index (χ1n) is 6.77. The Morgan fingerprint density at radius 3 is 2.36 bits per heavy atom. The third-order valence-corrected chi connectivity index (χ3v) is 3.04. The van der Waals surface area contributed by atoms with E-state index in [1.807, 2.05) is 13.0 Å². The fourth-order valence-electron chi connectivity index (χ4n) is 1.70. The van der Waals surface area contributed by atoms with Crippen LogP contribution < -0.4 is 0 Å². The Morgan fingerprint density at radius 1 is 1.14 bits per heavy atom. The number of carbonyl (C=O) groups excluding carboxylic acids is 2. The van der Waals surface area contributed by atoms with E-state index in [-0.39, 0.29) is 12.7 Å². The van der Waals surface area contributed by atoms with Crippen molar-refractivity contribution in [2.24, 2.45) is 0 Å². The summed E-state index contributed by atoms with van der Waals surface area (Å²) in [4.78, 5) is 31.6. The fourth-order valence-corrected chi connectivity index (χ4v) is 1.70. The number of carbonyl (C=O) groups is 2. The monoisotopic (exact) mass is 312 g/mol. The summed E-state index contributed by atoms with van der Waals surface area (Å²) in [5.74, 6) is -0.753. The lowest BCUT2D eigenvalue weighted by molar-refractivity contribution is -0.452. The van der Waals surface area contributed by atoms with Gasteiger partial charge in [0.05, 0.1) is 23.3 Å². The van der Waals surface area contributed by atoms with Crippen LogP contribution in [0.4, 0.5) is 4.79 Å². The standard InChI is InChI=1S/C15H20O7/c1-10-6-5-7-11(2)13(10)14(16)20-22-21-15(17)19-9-8-12(3)18-4/h5-7,12H,8-9H2,1-4H3. The molecule has 0 aliphatic rings. The molecule has 0 amide bonds. The number of methoxy groups -OCH3 is 1. The van der Waals surface area contributed by atoms with Gasteiger partial charge in [0.1, 0.15) is 0 Å². The molecule has 1 rings (SSSR count). The van der Waals surface area contributed by atoms with E-state index in [9.17, 15) is 9.59 Å². The fraction of sp³-hybridized carbons (Fsp3) is 0.467. The molecule has 122 valence electrons. The first-order chi connectivity index (χ1) is 10.5. The van der Waals surface area contributed by atoms with E-state index in [0.717, 1.165) is 11.1 Å². The lowest BCUT2D eigenvalue weighted by Crippen LogP contribution is -2.16. The van der Waals surface area contributed by atoms with Crippen molar-refractivity contribution in [2.75, 3.05) is 13.7 Å². The average molecular weight is 312 g/mol. The lowest BCUT2D eigenvalue weighted by Gasteiger charge is -2.09. The quantitative estimate of drug-likeness (QED) is 0.435. The molecule has 1 aromatic carbocycles. The molecule has 0 radical (unpaired) electrons. The van der Waals surface area contributed by atoms with Gasteiger partial charge in [0.15, 0.2) is 0 Å². The van der Waals surface area contributed by atoms with Gasteiger partial charge in [0.2, 0.25) is 0 Å². The maximum atomic E-state index is 11.8. The maximum absolute atomic E-state index is 11.8. The highest BCUT2D eigenvalue weighted by Crippen LogP contribution is 2.14. The van der Waals surface area contributed by atoms with Gasteiger partial charge in [-0.2, -0.15) is 0 Å². The van der Waals surface area contributed by atoms with Gasteiger partial charge in [0.25, 0.3) is 0 Å². The Hall–Kier alpha value is -2.12. The molecule has 0 bridgehead atoms. The number of benzene rings is 1. The van der Waals surface area contributed by atoms with E-state index < -0.39 is 12.1 Å². The van der Waals surface area contributed by atoms with Crippen LogP contribution in [0.5, 0.6) is 0 Å². The van der Waals surface area contributed by atoms with Crippen molar-refractivity contribution in [3.05, 3.63) is 34.9 Å². The van der Waals surface area contributed by atoms with Gasteiger partial charge in [-0.1, -0.05) is 18.2 Å². The predicted octanol–water partition coefficient (Wildman–Crippen LogP) is 2.89. The van der Waals surface area contributed by atoms with Crippen LogP contribution in [0.15, 0.2) is 18.2 Å². The van der Waals surface area contributed by atoms with Crippen LogP contribution in [-0.2, 0) is 24.3 Å². The summed E-state index contributed by atoms with van der Waals surface area (Å²) in [5.41, 5.74) is 1.81. The summed E-state index contributed by atoms with van der Waals surface area (Å²) in [5, 5.41) is 4.15. The Bertz CT molecular complexity index is 492. The molecule has 0 aliphatic carbocycles. The molecule has 0 heterocycles. The Balaban J connectivity index is 2.32. The van der Waals surface area contributed by atoms with Gasteiger partial charge in [-0.15, -0.1) is 0 Å². The van der Waals surface area contributed by atoms with E-state index in [1.165, 1.54) is 0 Å². The number of ether oxygens (including phenoxy) is 2. The molecule has 0 spiro atoms. The topological polar surface area (TPSA) is 80.3 Å². The molecule has 0 saturated carbocycles. The number of hydrogen-bond acceptors (Lipinski definition) is 7. The molecule has 0 aromatic heterocycles. The minimum Gasteiger partial charge on any atom is -0.432 e. The van der Waals surface area contributed by atoms with Crippen molar-refractivity contribution in [3.63, 3.8) is 0 Å². The van der Waals surface area contributed by atoms with Crippen LogP contribution >= 0.6 is 0 Å². The summed E-state index contributed by atoms with van der Waals surface area (Å²) in [6.07, 6.45) is -0.637. The molecule has 1 atom stereocenters. The highest BCUT2D eigenvalue weighted by Gasteiger charge is 2.16. The van der Waals surface area contributed by atoms with Gasteiger partial charge in [-0.3, -0.25) is 4.89 Å². The zero-order valence-corrected chi connectivity index (χ0v) is 13.1. The van der Waals surface area contributed by atoms with Crippen molar-refractivity contribution < 1.29 is 33.9 Å². The SMILES string of the molecule is COC(C)CCOC(=O)OOOC(=O)c1c(C)cccc1C. The minimum absolute atomic E-state index is 0.0458. The molecular formula is C15H20O7. The maximum Gasteiger partial charge on any atom is 0.543 e. The molecular weight excluding hydrogens is 292 g/mol. The largest absolute Gasteiger partial charge is 0.543 e. The zero-order valence-electron chi connectivity index (χ0n) is 13.1. The third-order valence-electron chi connectivity index (χ3n) is 3.04. The Kier molecular flexibility index (Phi) is 7.34. The first kappa shape index (κ1) is 17.9. The van der Waals surface area contributed by atoms with Crippen LogP contribution in [0.25, 0.3) is 0 Å². The Morgan fingerprint density at radius 2 is 1.77 bits per heavy atom. The lowest BCUT2D eigenvalue weighted by atomic mass is 10.0. The number of rotatable bonds is 7. The summed E-state index contributed by atoms with van der Waals surface area (Å²) >= 11 is 0. The minimum atomic E-state index is -1.10. The molecule has 0 fully saturated rings. The van der Waals surface area contributed by atoms with Gasteiger partial charge < -0.3 is 9.47 Å². The second-order valence-electron chi connectivity index (χ2n) is 4.72. The summed E-state index contributed by atoms with van der Waals surface area (Å²) in [7, 11) is 1.55. The number of aryl methyl sites for hydroxylation is 2. The summed E-state index contributed by atoms with van der Waals surface area (Å²) < 4.78 is 9.68.